The summed E-state index contributed by atoms with van der Waals surface area (Å²) in [5.41, 5.74) is 0. The van der Waals surface area contributed by atoms with E-state index in [1.165, 1.54) is 0 Å². The molecule has 60 valence electrons. The maximum Gasteiger partial charge on any atom is 0.0922 e. The number of piperidine rings is 1. The van der Waals surface area contributed by atoms with E-state index in [1.807, 2.05) is 6.92 Å². The van der Waals surface area contributed by atoms with E-state index in [0.29, 0.717) is 5.92 Å². The maximum absolute atomic E-state index is 12.2. The molecule has 1 aliphatic rings. The molecule has 0 saturated carbocycles. The zero-order valence-electron chi connectivity index (χ0n) is 6.57. The van der Waals surface area contributed by atoms with Crippen molar-refractivity contribution in [3.8, 4) is 0 Å². The average molecular weight is 145 g/mol. The molecule has 0 aromatic rings. The Hall–Kier alpha value is -0.110. The number of rotatable bonds is 2. The van der Waals surface area contributed by atoms with Gasteiger partial charge in [-0.1, -0.05) is 6.92 Å². The molecular weight excluding hydrogens is 129 g/mol. The lowest BCUT2D eigenvalue weighted by atomic mass is 9.87. The zero-order chi connectivity index (χ0) is 7.40. The fraction of sp³-hybridized carbons (Fsp3) is 1.00. The van der Waals surface area contributed by atoms with Crippen molar-refractivity contribution >= 4 is 0 Å². The molecule has 1 nitrogen and oxygen atoms in total. The Bertz CT molecular complexity index is 89.3. The Morgan fingerprint density at radius 1 is 1.50 bits per heavy atom. The van der Waals surface area contributed by atoms with Crippen molar-refractivity contribution in [2.75, 3.05) is 19.8 Å². The summed E-state index contributed by atoms with van der Waals surface area (Å²) in [5, 5.41) is 3.27. The first-order valence-electron chi connectivity index (χ1n) is 4.11. The lowest BCUT2D eigenvalue weighted by molar-refractivity contribution is 0.230. The summed E-state index contributed by atoms with van der Waals surface area (Å²) < 4.78 is 12.2. The van der Waals surface area contributed by atoms with Crippen LogP contribution in [0.1, 0.15) is 19.8 Å². The summed E-state index contributed by atoms with van der Waals surface area (Å²) in [6.07, 6.45) is 2.32. The van der Waals surface area contributed by atoms with Crippen molar-refractivity contribution < 1.29 is 4.39 Å². The van der Waals surface area contributed by atoms with Crippen LogP contribution in [0.15, 0.2) is 0 Å². The second-order valence-corrected chi connectivity index (χ2v) is 3.22. The third-order valence-corrected chi connectivity index (χ3v) is 2.43. The maximum atomic E-state index is 12.2. The third kappa shape index (κ3) is 1.94. The highest BCUT2D eigenvalue weighted by Crippen LogP contribution is 2.21. The Kier molecular flexibility index (Phi) is 3.13. The van der Waals surface area contributed by atoms with Gasteiger partial charge in [0.25, 0.3) is 0 Å². The van der Waals surface area contributed by atoms with Crippen molar-refractivity contribution in [2.24, 2.45) is 11.8 Å². The van der Waals surface area contributed by atoms with Crippen LogP contribution in [0.3, 0.4) is 0 Å². The summed E-state index contributed by atoms with van der Waals surface area (Å²) in [4.78, 5) is 0. The molecule has 0 spiro atoms. The molecule has 1 saturated heterocycles. The zero-order valence-corrected chi connectivity index (χ0v) is 6.57. The molecule has 0 radical (unpaired) electrons. The number of alkyl halides is 1. The van der Waals surface area contributed by atoms with Gasteiger partial charge >= 0.3 is 0 Å². The first-order chi connectivity index (χ1) is 4.84. The predicted octanol–water partition coefficient (Wildman–Crippen LogP) is 1.59. The van der Waals surface area contributed by atoms with E-state index in [9.17, 15) is 4.39 Å². The number of halogens is 1. The minimum atomic E-state index is -0.148. The van der Waals surface area contributed by atoms with Gasteiger partial charge in [0.1, 0.15) is 0 Å². The van der Waals surface area contributed by atoms with Crippen LogP contribution in [0.5, 0.6) is 0 Å². The van der Waals surface area contributed by atoms with E-state index < -0.39 is 0 Å². The Morgan fingerprint density at radius 3 is 2.60 bits per heavy atom. The largest absolute Gasteiger partial charge is 0.317 e. The fourth-order valence-corrected chi connectivity index (χ4v) is 1.54. The molecule has 0 amide bonds. The SMILES string of the molecule is CC(CF)C1CCNCC1. The van der Waals surface area contributed by atoms with Gasteiger partial charge in [-0.2, -0.15) is 0 Å². The highest BCUT2D eigenvalue weighted by Gasteiger charge is 2.18. The summed E-state index contributed by atoms with van der Waals surface area (Å²) in [7, 11) is 0. The van der Waals surface area contributed by atoms with Crippen LogP contribution in [0.2, 0.25) is 0 Å². The second-order valence-electron chi connectivity index (χ2n) is 3.22. The van der Waals surface area contributed by atoms with Crippen LogP contribution in [-0.4, -0.2) is 19.8 Å². The first kappa shape index (κ1) is 7.99. The van der Waals surface area contributed by atoms with Gasteiger partial charge in [-0.25, -0.2) is 0 Å². The van der Waals surface area contributed by atoms with Crippen LogP contribution in [-0.2, 0) is 0 Å². The standard InChI is InChI=1S/C8H16FN/c1-7(6-9)8-2-4-10-5-3-8/h7-8,10H,2-6H2,1H3. The number of hydrogen-bond donors (Lipinski definition) is 1. The molecule has 1 N–H and O–H groups in total. The van der Waals surface area contributed by atoms with Crippen LogP contribution in [0, 0.1) is 11.8 Å². The normalized spacial score (nSPS) is 24.6. The molecule has 0 aromatic heterocycles. The van der Waals surface area contributed by atoms with Gasteiger partial charge in [0.05, 0.1) is 6.67 Å². The van der Waals surface area contributed by atoms with Crippen LogP contribution < -0.4 is 5.32 Å². The number of nitrogens with one attached hydrogen (secondary N) is 1. The number of hydrogen-bond acceptors (Lipinski definition) is 1. The van der Waals surface area contributed by atoms with E-state index in [0.717, 1.165) is 25.9 Å². The highest BCUT2D eigenvalue weighted by atomic mass is 19.1. The van der Waals surface area contributed by atoms with Gasteiger partial charge in [0, 0.05) is 0 Å². The highest BCUT2D eigenvalue weighted by molar-refractivity contribution is 4.72. The smallest absolute Gasteiger partial charge is 0.0922 e. The summed E-state index contributed by atoms with van der Waals surface area (Å²) in [6, 6.07) is 0. The van der Waals surface area contributed by atoms with E-state index in [-0.39, 0.29) is 12.6 Å². The van der Waals surface area contributed by atoms with Crippen molar-refractivity contribution in [1.82, 2.24) is 5.32 Å². The quantitative estimate of drug-likeness (QED) is 0.622. The minimum Gasteiger partial charge on any atom is -0.317 e. The van der Waals surface area contributed by atoms with Gasteiger partial charge in [-0.05, 0) is 37.8 Å². The Morgan fingerprint density at radius 2 is 2.10 bits per heavy atom. The topological polar surface area (TPSA) is 12.0 Å². The third-order valence-electron chi connectivity index (χ3n) is 2.43. The van der Waals surface area contributed by atoms with E-state index >= 15 is 0 Å². The monoisotopic (exact) mass is 145 g/mol. The molecular formula is C8H16FN. The van der Waals surface area contributed by atoms with Gasteiger partial charge in [-0.15, -0.1) is 0 Å². The lowest BCUT2D eigenvalue weighted by Gasteiger charge is -2.26. The van der Waals surface area contributed by atoms with Crippen LogP contribution in [0.4, 0.5) is 4.39 Å². The van der Waals surface area contributed by atoms with Crippen molar-refractivity contribution in [3.05, 3.63) is 0 Å². The van der Waals surface area contributed by atoms with Gasteiger partial charge in [-0.3, -0.25) is 4.39 Å². The van der Waals surface area contributed by atoms with Crippen LogP contribution in [0.25, 0.3) is 0 Å². The molecule has 2 heteroatoms. The summed E-state index contributed by atoms with van der Waals surface area (Å²) in [6.45, 7) is 4.02. The van der Waals surface area contributed by atoms with Crippen molar-refractivity contribution in [3.63, 3.8) is 0 Å². The minimum absolute atomic E-state index is 0.148. The molecule has 1 fully saturated rings. The predicted molar refractivity (Wildman–Crippen MR) is 40.7 cm³/mol. The van der Waals surface area contributed by atoms with E-state index in [2.05, 4.69) is 5.32 Å². The van der Waals surface area contributed by atoms with Gasteiger partial charge < -0.3 is 5.32 Å². The lowest BCUT2D eigenvalue weighted by Crippen LogP contribution is -2.31. The second kappa shape index (κ2) is 3.91. The van der Waals surface area contributed by atoms with Crippen molar-refractivity contribution in [2.45, 2.75) is 19.8 Å². The molecule has 0 bridgehead atoms. The van der Waals surface area contributed by atoms with Crippen molar-refractivity contribution in [1.29, 1.82) is 0 Å². The molecule has 1 unspecified atom stereocenters. The molecule has 1 rings (SSSR count). The molecule has 10 heavy (non-hydrogen) atoms. The van der Waals surface area contributed by atoms with E-state index in [1.54, 1.807) is 0 Å². The molecule has 1 aliphatic heterocycles. The molecule has 1 atom stereocenters. The Balaban J connectivity index is 2.24. The van der Waals surface area contributed by atoms with Gasteiger partial charge in [0.2, 0.25) is 0 Å². The summed E-state index contributed by atoms with van der Waals surface area (Å²) in [5.74, 6) is 0.911. The molecule has 0 aliphatic carbocycles. The Labute approximate surface area is 62.0 Å². The molecule has 1 heterocycles. The fourth-order valence-electron chi connectivity index (χ4n) is 1.54. The first-order valence-corrected chi connectivity index (χ1v) is 4.11. The summed E-state index contributed by atoms with van der Waals surface area (Å²) >= 11 is 0. The van der Waals surface area contributed by atoms with Gasteiger partial charge in [0.15, 0.2) is 0 Å². The average Bonchev–Trinajstić information content (AvgIpc) is 2.05. The van der Waals surface area contributed by atoms with E-state index in [4.69, 9.17) is 0 Å². The molecule has 0 aromatic carbocycles. The van der Waals surface area contributed by atoms with Crippen LogP contribution >= 0.6 is 0 Å².